The molecule has 2 heteroatoms. The molecule has 1 aliphatic rings. The van der Waals surface area contributed by atoms with Gasteiger partial charge in [0.1, 0.15) is 5.82 Å². The molecular weight excluding hydrogens is 213 g/mol. The van der Waals surface area contributed by atoms with Gasteiger partial charge in [-0.25, -0.2) is 4.39 Å². The minimum atomic E-state index is -0.0896. The van der Waals surface area contributed by atoms with Crippen LogP contribution in [-0.4, -0.2) is 6.54 Å². The van der Waals surface area contributed by atoms with E-state index < -0.39 is 0 Å². The highest BCUT2D eigenvalue weighted by Gasteiger charge is 2.40. The van der Waals surface area contributed by atoms with Crippen LogP contribution in [-0.2, 0) is 0 Å². The highest BCUT2D eigenvalue weighted by molar-refractivity contribution is 5.21. The van der Waals surface area contributed by atoms with E-state index in [-0.39, 0.29) is 11.9 Å². The van der Waals surface area contributed by atoms with E-state index in [0.29, 0.717) is 5.41 Å². The average molecular weight is 235 g/mol. The third-order valence-electron chi connectivity index (χ3n) is 4.12. The Bertz CT molecular complexity index is 371. The predicted molar refractivity (Wildman–Crippen MR) is 69.4 cm³/mol. The molecule has 17 heavy (non-hydrogen) atoms. The van der Waals surface area contributed by atoms with Crippen LogP contribution in [0.5, 0.6) is 0 Å². The fourth-order valence-electron chi connectivity index (χ4n) is 2.40. The van der Waals surface area contributed by atoms with Gasteiger partial charge in [0.05, 0.1) is 0 Å². The molecule has 1 aromatic rings. The molecule has 0 radical (unpaired) electrons. The van der Waals surface area contributed by atoms with Gasteiger partial charge in [-0.2, -0.15) is 0 Å². The van der Waals surface area contributed by atoms with Crippen molar-refractivity contribution in [3.8, 4) is 0 Å². The van der Waals surface area contributed by atoms with Crippen molar-refractivity contribution < 1.29 is 4.39 Å². The molecule has 1 saturated carbocycles. The molecule has 1 aliphatic carbocycles. The minimum absolute atomic E-state index is 0.0896. The maximum absolute atomic E-state index is 13.7. The lowest BCUT2D eigenvalue weighted by Gasteiger charge is -2.21. The first-order valence-corrected chi connectivity index (χ1v) is 6.68. The Morgan fingerprint density at radius 1 is 1.29 bits per heavy atom. The van der Waals surface area contributed by atoms with Gasteiger partial charge in [-0.1, -0.05) is 32.0 Å². The van der Waals surface area contributed by atoms with E-state index in [1.807, 2.05) is 12.1 Å². The molecule has 2 rings (SSSR count). The molecule has 0 aromatic heterocycles. The molecule has 1 nitrogen and oxygen atoms in total. The summed E-state index contributed by atoms with van der Waals surface area (Å²) in [5.41, 5.74) is 1.32. The number of halogens is 1. The molecule has 94 valence electrons. The van der Waals surface area contributed by atoms with Crippen LogP contribution in [0.15, 0.2) is 24.3 Å². The highest BCUT2D eigenvalue weighted by Crippen LogP contribution is 2.48. The van der Waals surface area contributed by atoms with Crippen molar-refractivity contribution in [2.75, 3.05) is 6.54 Å². The van der Waals surface area contributed by atoms with Crippen LogP contribution in [0, 0.1) is 11.2 Å². The summed E-state index contributed by atoms with van der Waals surface area (Å²) >= 11 is 0. The summed E-state index contributed by atoms with van der Waals surface area (Å²) in [5.74, 6) is -0.0896. The molecule has 0 aliphatic heterocycles. The molecule has 1 unspecified atom stereocenters. The van der Waals surface area contributed by atoms with E-state index in [1.54, 1.807) is 12.1 Å². The van der Waals surface area contributed by atoms with Crippen molar-refractivity contribution in [2.24, 2.45) is 5.41 Å². The van der Waals surface area contributed by atoms with Gasteiger partial charge in [-0.05, 0) is 37.2 Å². The van der Waals surface area contributed by atoms with Gasteiger partial charge < -0.3 is 5.32 Å². The summed E-state index contributed by atoms with van der Waals surface area (Å²) in [4.78, 5) is 0. The second kappa shape index (κ2) is 5.18. The Balaban J connectivity index is 1.99. The van der Waals surface area contributed by atoms with E-state index in [9.17, 15) is 4.39 Å². The van der Waals surface area contributed by atoms with Gasteiger partial charge in [0.2, 0.25) is 0 Å². The zero-order chi connectivity index (χ0) is 12.3. The Hall–Kier alpha value is -0.890. The van der Waals surface area contributed by atoms with Crippen LogP contribution in [0.25, 0.3) is 0 Å². The summed E-state index contributed by atoms with van der Waals surface area (Å²) < 4.78 is 13.7. The van der Waals surface area contributed by atoms with Gasteiger partial charge in [-0.15, -0.1) is 0 Å². The summed E-state index contributed by atoms with van der Waals surface area (Å²) in [5, 5.41) is 3.54. The predicted octanol–water partition coefficient (Wildman–Crippen LogP) is 4.06. The van der Waals surface area contributed by atoms with Crippen molar-refractivity contribution in [1.82, 2.24) is 5.32 Å². The van der Waals surface area contributed by atoms with Crippen LogP contribution < -0.4 is 5.32 Å². The Morgan fingerprint density at radius 3 is 2.53 bits per heavy atom. The zero-order valence-corrected chi connectivity index (χ0v) is 10.8. The molecule has 1 aromatic carbocycles. The second-order valence-corrected chi connectivity index (χ2v) is 5.22. The smallest absolute Gasteiger partial charge is 0.127 e. The lowest BCUT2D eigenvalue weighted by molar-refractivity contribution is 0.392. The van der Waals surface area contributed by atoms with E-state index >= 15 is 0 Å². The van der Waals surface area contributed by atoms with Crippen LogP contribution in [0.2, 0.25) is 0 Å². The van der Waals surface area contributed by atoms with Gasteiger partial charge >= 0.3 is 0 Å². The molecular formula is C15H22FN. The second-order valence-electron chi connectivity index (χ2n) is 5.22. The maximum atomic E-state index is 13.7. The third kappa shape index (κ3) is 2.86. The van der Waals surface area contributed by atoms with E-state index in [2.05, 4.69) is 19.2 Å². The Kier molecular flexibility index (Phi) is 3.82. The fraction of sp³-hybridized carbons (Fsp3) is 0.600. The highest BCUT2D eigenvalue weighted by atomic mass is 19.1. The molecule has 1 atom stereocenters. The molecule has 0 saturated heterocycles. The first kappa shape index (κ1) is 12.6. The van der Waals surface area contributed by atoms with E-state index in [4.69, 9.17) is 0 Å². The normalized spacial score (nSPS) is 19.0. The number of benzene rings is 1. The van der Waals surface area contributed by atoms with Gasteiger partial charge in [0, 0.05) is 18.2 Å². The lowest BCUT2D eigenvalue weighted by Crippen LogP contribution is -2.28. The van der Waals surface area contributed by atoms with E-state index in [0.717, 1.165) is 18.5 Å². The van der Waals surface area contributed by atoms with Gasteiger partial charge in [0.25, 0.3) is 0 Å². The Morgan fingerprint density at radius 2 is 2.00 bits per heavy atom. The van der Waals surface area contributed by atoms with Crippen molar-refractivity contribution in [3.05, 3.63) is 35.6 Å². The monoisotopic (exact) mass is 235 g/mol. The SMILES string of the molecule is CCC(NCC1(CC)CC1)c1ccccc1F. The van der Waals surface area contributed by atoms with Crippen LogP contribution in [0.4, 0.5) is 4.39 Å². The van der Waals surface area contributed by atoms with Crippen molar-refractivity contribution in [3.63, 3.8) is 0 Å². The average Bonchev–Trinajstić information content (AvgIpc) is 3.13. The molecule has 0 spiro atoms. The van der Waals surface area contributed by atoms with Crippen molar-refractivity contribution >= 4 is 0 Å². The van der Waals surface area contributed by atoms with Crippen molar-refractivity contribution in [2.45, 2.75) is 45.6 Å². The molecule has 0 bridgehead atoms. The molecule has 0 amide bonds. The van der Waals surface area contributed by atoms with E-state index in [1.165, 1.54) is 19.3 Å². The molecule has 1 N–H and O–H groups in total. The lowest BCUT2D eigenvalue weighted by atomic mass is 10.00. The topological polar surface area (TPSA) is 12.0 Å². The minimum Gasteiger partial charge on any atom is -0.309 e. The first-order valence-electron chi connectivity index (χ1n) is 6.68. The molecule has 0 heterocycles. The molecule has 1 fully saturated rings. The number of hydrogen-bond donors (Lipinski definition) is 1. The van der Waals surface area contributed by atoms with Crippen LogP contribution in [0.3, 0.4) is 0 Å². The fourth-order valence-corrected chi connectivity index (χ4v) is 2.40. The zero-order valence-electron chi connectivity index (χ0n) is 10.8. The summed E-state index contributed by atoms with van der Waals surface area (Å²) in [6.45, 7) is 5.38. The summed E-state index contributed by atoms with van der Waals surface area (Å²) in [7, 11) is 0. The largest absolute Gasteiger partial charge is 0.309 e. The van der Waals surface area contributed by atoms with Gasteiger partial charge in [0.15, 0.2) is 0 Å². The number of rotatable bonds is 6. The quantitative estimate of drug-likeness (QED) is 0.784. The maximum Gasteiger partial charge on any atom is 0.127 e. The van der Waals surface area contributed by atoms with Crippen molar-refractivity contribution in [1.29, 1.82) is 0 Å². The number of nitrogens with one attached hydrogen (secondary N) is 1. The first-order chi connectivity index (χ1) is 8.21. The van der Waals surface area contributed by atoms with Crippen LogP contribution >= 0.6 is 0 Å². The van der Waals surface area contributed by atoms with Crippen LogP contribution in [0.1, 0.15) is 51.1 Å². The standard InChI is InChI=1S/C15H22FN/c1-3-14(12-7-5-6-8-13(12)16)17-11-15(4-2)9-10-15/h5-8,14,17H,3-4,9-11H2,1-2H3. The Labute approximate surface area is 103 Å². The summed E-state index contributed by atoms with van der Waals surface area (Å²) in [6.07, 6.45) is 4.81. The summed E-state index contributed by atoms with van der Waals surface area (Å²) in [6, 6.07) is 7.25. The van der Waals surface area contributed by atoms with Gasteiger partial charge in [-0.3, -0.25) is 0 Å². The number of hydrogen-bond acceptors (Lipinski definition) is 1. The third-order valence-corrected chi connectivity index (χ3v) is 4.12.